The van der Waals surface area contributed by atoms with E-state index in [1.807, 2.05) is 0 Å². The van der Waals surface area contributed by atoms with E-state index < -0.39 is 0 Å². The van der Waals surface area contributed by atoms with Crippen molar-refractivity contribution >= 4 is 40.4 Å². The molecular weight excluding hydrogens is 315 g/mol. The van der Waals surface area contributed by atoms with E-state index in [4.69, 9.17) is 23.2 Å². The Kier molecular flexibility index (Phi) is 3.96. The second-order valence-corrected chi connectivity index (χ2v) is 6.70. The number of halogens is 2. The summed E-state index contributed by atoms with van der Waals surface area (Å²) >= 11 is 13.5. The molecule has 3 nitrogen and oxygen atoms in total. The third kappa shape index (κ3) is 2.82. The predicted molar refractivity (Wildman–Crippen MR) is 81.8 cm³/mol. The molecule has 2 aromatic heterocycles. The van der Waals surface area contributed by atoms with Gasteiger partial charge in [-0.25, -0.2) is 4.98 Å². The van der Waals surface area contributed by atoms with E-state index in [9.17, 15) is 4.79 Å². The lowest BCUT2D eigenvalue weighted by molar-refractivity contribution is 0.0951. The van der Waals surface area contributed by atoms with Crippen LogP contribution >= 0.6 is 34.5 Å². The number of nitrogens with zero attached hydrogens (tertiary/aromatic N) is 1. The fraction of sp³-hybridized carbons (Fsp3) is 0.286. The zero-order chi connectivity index (χ0) is 14.1. The summed E-state index contributed by atoms with van der Waals surface area (Å²) in [6.07, 6.45) is 4.96. The van der Waals surface area contributed by atoms with Gasteiger partial charge in [0, 0.05) is 16.0 Å². The number of carbonyl (C=O) groups excluding carboxylic acids is 1. The number of hydrogen-bond donors (Lipinski definition) is 1. The number of rotatable bonds is 3. The molecule has 6 heteroatoms. The lowest BCUT2D eigenvalue weighted by Crippen LogP contribution is -2.22. The van der Waals surface area contributed by atoms with E-state index in [-0.39, 0.29) is 11.1 Å². The molecule has 0 spiro atoms. The third-order valence-corrected chi connectivity index (χ3v) is 5.03. The smallest absolute Gasteiger partial charge is 0.253 e. The van der Waals surface area contributed by atoms with Crippen molar-refractivity contribution in [1.82, 2.24) is 10.3 Å². The number of thiophene rings is 1. The molecule has 3 rings (SSSR count). The number of aryl methyl sites for hydroxylation is 2. The van der Waals surface area contributed by atoms with Gasteiger partial charge in [-0.15, -0.1) is 11.3 Å². The number of hydrogen-bond acceptors (Lipinski definition) is 3. The fourth-order valence-corrected chi connectivity index (χ4v) is 3.88. The maximum Gasteiger partial charge on any atom is 0.253 e. The van der Waals surface area contributed by atoms with Crippen LogP contribution in [0.1, 0.15) is 32.1 Å². The van der Waals surface area contributed by atoms with Crippen LogP contribution in [0.4, 0.5) is 0 Å². The van der Waals surface area contributed by atoms with Gasteiger partial charge in [-0.05, 0) is 37.0 Å². The Labute approximate surface area is 130 Å². The molecule has 1 aliphatic carbocycles. The van der Waals surface area contributed by atoms with E-state index in [2.05, 4.69) is 16.4 Å². The van der Waals surface area contributed by atoms with E-state index >= 15 is 0 Å². The minimum absolute atomic E-state index is 0.229. The normalized spacial score (nSPS) is 13.3. The molecule has 1 N–H and O–H groups in total. The Hall–Kier alpha value is -1.10. The molecule has 1 aliphatic rings. The first-order chi connectivity index (χ1) is 9.63. The van der Waals surface area contributed by atoms with Gasteiger partial charge in [-0.3, -0.25) is 4.79 Å². The summed E-state index contributed by atoms with van der Waals surface area (Å²) in [4.78, 5) is 18.6. The average molecular weight is 327 g/mol. The van der Waals surface area contributed by atoms with E-state index in [1.165, 1.54) is 40.4 Å². The number of fused-ring (bicyclic) bond motifs is 1. The Morgan fingerprint density at radius 2 is 2.20 bits per heavy atom. The van der Waals surface area contributed by atoms with Crippen LogP contribution in [0.25, 0.3) is 0 Å². The molecule has 2 aromatic rings. The number of aromatic nitrogens is 1. The summed E-state index contributed by atoms with van der Waals surface area (Å²) in [6.45, 7) is 0.521. The van der Waals surface area contributed by atoms with Crippen molar-refractivity contribution in [3.63, 3.8) is 0 Å². The molecule has 0 saturated carbocycles. The summed E-state index contributed by atoms with van der Waals surface area (Å²) in [6, 6.07) is 3.67. The summed E-state index contributed by atoms with van der Waals surface area (Å²) in [7, 11) is 0. The van der Waals surface area contributed by atoms with Crippen LogP contribution in [-0.4, -0.2) is 10.9 Å². The molecule has 2 heterocycles. The molecular formula is C14H12Cl2N2OS. The fourth-order valence-electron chi connectivity index (χ4n) is 2.33. The van der Waals surface area contributed by atoms with Crippen molar-refractivity contribution in [2.24, 2.45) is 0 Å². The molecule has 0 aliphatic heterocycles. The van der Waals surface area contributed by atoms with Gasteiger partial charge in [0.25, 0.3) is 5.91 Å². The number of amides is 1. The third-order valence-electron chi connectivity index (χ3n) is 3.29. The lowest BCUT2D eigenvalue weighted by Gasteiger charge is -2.05. The van der Waals surface area contributed by atoms with Gasteiger partial charge in [0.15, 0.2) is 0 Å². The van der Waals surface area contributed by atoms with Gasteiger partial charge < -0.3 is 5.32 Å². The predicted octanol–water partition coefficient (Wildman–Crippen LogP) is 3.87. The highest BCUT2D eigenvalue weighted by atomic mass is 35.5. The molecule has 0 bridgehead atoms. The van der Waals surface area contributed by atoms with Crippen LogP contribution in [-0.2, 0) is 19.4 Å². The van der Waals surface area contributed by atoms with Crippen LogP contribution < -0.4 is 5.32 Å². The number of pyridine rings is 1. The zero-order valence-corrected chi connectivity index (χ0v) is 12.9. The van der Waals surface area contributed by atoms with Gasteiger partial charge in [-0.1, -0.05) is 23.2 Å². The largest absolute Gasteiger partial charge is 0.347 e. The Bertz CT molecular complexity index is 648. The van der Waals surface area contributed by atoms with Gasteiger partial charge in [0.05, 0.1) is 17.1 Å². The van der Waals surface area contributed by atoms with Crippen LogP contribution in [0.3, 0.4) is 0 Å². The van der Waals surface area contributed by atoms with Gasteiger partial charge in [-0.2, -0.15) is 0 Å². The van der Waals surface area contributed by atoms with Gasteiger partial charge >= 0.3 is 0 Å². The maximum absolute atomic E-state index is 12.1. The second-order valence-electron chi connectivity index (χ2n) is 4.68. The van der Waals surface area contributed by atoms with Crippen molar-refractivity contribution in [2.45, 2.75) is 25.8 Å². The van der Waals surface area contributed by atoms with Crippen molar-refractivity contribution < 1.29 is 4.79 Å². The van der Waals surface area contributed by atoms with Gasteiger partial charge in [0.2, 0.25) is 0 Å². The first-order valence-corrected chi connectivity index (χ1v) is 7.90. The topological polar surface area (TPSA) is 42.0 Å². The summed E-state index contributed by atoms with van der Waals surface area (Å²) < 4.78 is 0. The van der Waals surface area contributed by atoms with Crippen LogP contribution in [0.5, 0.6) is 0 Å². The molecule has 0 aromatic carbocycles. The first kappa shape index (κ1) is 13.9. The second kappa shape index (κ2) is 5.72. The average Bonchev–Trinajstić information content (AvgIpc) is 2.99. The van der Waals surface area contributed by atoms with Crippen molar-refractivity contribution in [1.29, 1.82) is 0 Å². The standard InChI is InChI=1S/C14H12Cl2N2OS/c15-11-7-17-13(16)5-10(11)14(19)18-6-9-4-8-2-1-3-12(8)20-9/h4-5,7H,1-3,6H2,(H,18,19). The monoisotopic (exact) mass is 326 g/mol. The summed E-state index contributed by atoms with van der Waals surface area (Å²) in [5.74, 6) is -0.229. The molecule has 0 fully saturated rings. The molecule has 0 atom stereocenters. The summed E-state index contributed by atoms with van der Waals surface area (Å²) in [5.41, 5.74) is 1.79. The van der Waals surface area contributed by atoms with E-state index in [0.717, 1.165) is 6.42 Å². The molecule has 1 amide bonds. The molecule has 0 saturated heterocycles. The van der Waals surface area contributed by atoms with Gasteiger partial charge in [0.1, 0.15) is 5.15 Å². The lowest BCUT2D eigenvalue weighted by atomic mass is 10.2. The molecule has 0 radical (unpaired) electrons. The van der Waals surface area contributed by atoms with Crippen molar-refractivity contribution in [3.05, 3.63) is 49.4 Å². The molecule has 104 valence electrons. The SMILES string of the molecule is O=C(NCc1cc2c(s1)CCC2)c1cc(Cl)ncc1Cl. The first-order valence-electron chi connectivity index (χ1n) is 6.33. The molecule has 0 unspecified atom stereocenters. The Morgan fingerprint density at radius 3 is 3.00 bits per heavy atom. The van der Waals surface area contributed by atoms with Crippen molar-refractivity contribution in [3.8, 4) is 0 Å². The number of carbonyl (C=O) groups is 1. The Morgan fingerprint density at radius 1 is 1.35 bits per heavy atom. The van der Waals surface area contributed by atoms with Crippen LogP contribution in [0.2, 0.25) is 10.2 Å². The Balaban J connectivity index is 1.68. The quantitative estimate of drug-likeness (QED) is 0.870. The van der Waals surface area contributed by atoms with E-state index in [0.29, 0.717) is 17.1 Å². The number of nitrogens with one attached hydrogen (secondary N) is 1. The van der Waals surface area contributed by atoms with E-state index in [1.54, 1.807) is 11.3 Å². The molecule has 20 heavy (non-hydrogen) atoms. The van der Waals surface area contributed by atoms with Crippen LogP contribution in [0.15, 0.2) is 18.3 Å². The maximum atomic E-state index is 12.1. The zero-order valence-electron chi connectivity index (χ0n) is 10.6. The summed E-state index contributed by atoms with van der Waals surface area (Å²) in [5, 5.41) is 3.44. The van der Waals surface area contributed by atoms with Crippen molar-refractivity contribution in [2.75, 3.05) is 0 Å². The highest BCUT2D eigenvalue weighted by molar-refractivity contribution is 7.12. The minimum atomic E-state index is -0.229. The van der Waals surface area contributed by atoms with Crippen LogP contribution in [0, 0.1) is 0 Å². The minimum Gasteiger partial charge on any atom is -0.347 e. The highest BCUT2D eigenvalue weighted by Crippen LogP contribution is 2.30. The highest BCUT2D eigenvalue weighted by Gasteiger charge is 2.16.